The third-order valence-electron chi connectivity index (χ3n) is 7.36. The normalized spacial score (nSPS) is 19.9. The van der Waals surface area contributed by atoms with Crippen LogP contribution in [0.5, 0.6) is 0 Å². The second-order valence-corrected chi connectivity index (χ2v) is 10.2. The maximum Gasteiger partial charge on any atom is 0.318 e. The fourth-order valence-corrected chi connectivity index (χ4v) is 5.59. The van der Waals surface area contributed by atoms with Gasteiger partial charge in [-0.05, 0) is 42.4 Å². The second kappa shape index (κ2) is 9.60. The molecule has 0 spiro atoms. The quantitative estimate of drug-likeness (QED) is 0.511. The minimum Gasteiger partial charge on any atom is -0.361 e. The van der Waals surface area contributed by atoms with Gasteiger partial charge in [0.15, 0.2) is 0 Å². The molecule has 3 aromatic rings. The number of likely N-dealkylation sites (tertiary alicyclic amines) is 1. The van der Waals surface area contributed by atoms with E-state index < -0.39 is 6.04 Å². The number of hydrogen-bond donors (Lipinski definition) is 3. The monoisotopic (exact) mass is 475 g/mol. The minimum absolute atomic E-state index is 0.0271. The summed E-state index contributed by atoms with van der Waals surface area (Å²) in [4.78, 5) is 43.5. The van der Waals surface area contributed by atoms with Crippen molar-refractivity contribution in [3.05, 3.63) is 70.3 Å². The third kappa shape index (κ3) is 4.70. The van der Waals surface area contributed by atoms with Gasteiger partial charge in [-0.3, -0.25) is 9.59 Å². The van der Waals surface area contributed by atoms with Crippen LogP contribution in [-0.2, 0) is 17.8 Å². The Labute approximate surface area is 204 Å². The molecule has 2 bridgehead atoms. The Morgan fingerprint density at radius 1 is 1.09 bits per heavy atom. The number of pyridine rings is 1. The van der Waals surface area contributed by atoms with Gasteiger partial charge in [0.1, 0.15) is 6.04 Å². The maximum absolute atomic E-state index is 13.2. The lowest BCUT2D eigenvalue weighted by Gasteiger charge is -2.43. The van der Waals surface area contributed by atoms with Crippen molar-refractivity contribution in [3.63, 3.8) is 0 Å². The molecule has 0 aliphatic carbocycles. The van der Waals surface area contributed by atoms with Crippen molar-refractivity contribution in [2.24, 2.45) is 11.8 Å². The average molecular weight is 476 g/mol. The van der Waals surface area contributed by atoms with Crippen LogP contribution < -0.4 is 16.2 Å². The molecule has 3 amide bonds. The minimum atomic E-state index is -0.609. The molecule has 8 nitrogen and oxygen atoms in total. The first-order valence-electron chi connectivity index (χ1n) is 12.5. The van der Waals surface area contributed by atoms with Crippen LogP contribution in [0, 0.1) is 11.8 Å². The van der Waals surface area contributed by atoms with E-state index in [0.29, 0.717) is 32.6 Å². The van der Waals surface area contributed by atoms with Crippen molar-refractivity contribution in [1.82, 2.24) is 25.1 Å². The number of benzene rings is 1. The molecule has 4 heterocycles. The van der Waals surface area contributed by atoms with Crippen molar-refractivity contribution < 1.29 is 9.59 Å². The highest BCUT2D eigenvalue weighted by Gasteiger charge is 2.37. The molecule has 2 aliphatic heterocycles. The molecule has 35 heavy (non-hydrogen) atoms. The van der Waals surface area contributed by atoms with Crippen LogP contribution in [0.4, 0.5) is 4.79 Å². The van der Waals surface area contributed by atoms with E-state index in [1.165, 1.54) is 0 Å². The van der Waals surface area contributed by atoms with E-state index in [2.05, 4.69) is 21.7 Å². The van der Waals surface area contributed by atoms with Gasteiger partial charge in [-0.15, -0.1) is 0 Å². The SMILES string of the molecule is CC(C)C(NC(=O)N1C[C@@H]2C[C@@H](C1)c1cccc(=O)n1C2)C(=O)NCCc1c[nH]c2ccccc12. The van der Waals surface area contributed by atoms with Crippen LogP contribution in [0.2, 0.25) is 0 Å². The van der Waals surface area contributed by atoms with Crippen molar-refractivity contribution in [1.29, 1.82) is 0 Å². The van der Waals surface area contributed by atoms with Crippen LogP contribution in [0.1, 0.15) is 37.4 Å². The smallest absolute Gasteiger partial charge is 0.318 e. The third-order valence-corrected chi connectivity index (χ3v) is 7.36. The molecule has 2 aliphatic rings. The number of carbonyl (C=O) groups is 2. The van der Waals surface area contributed by atoms with Crippen molar-refractivity contribution in [3.8, 4) is 0 Å². The largest absolute Gasteiger partial charge is 0.361 e. The molecular formula is C27H33N5O3. The molecular weight excluding hydrogens is 442 g/mol. The molecule has 8 heteroatoms. The number of urea groups is 1. The Kier molecular flexibility index (Phi) is 6.36. The molecule has 1 aromatic carbocycles. The maximum atomic E-state index is 13.2. The topological polar surface area (TPSA) is 99.2 Å². The molecule has 3 atom stereocenters. The summed E-state index contributed by atoms with van der Waals surface area (Å²) in [5.74, 6) is 0.178. The first-order chi connectivity index (χ1) is 16.9. The lowest BCUT2D eigenvalue weighted by Crippen LogP contribution is -2.57. The number of hydrogen-bond acceptors (Lipinski definition) is 3. The number of nitrogens with one attached hydrogen (secondary N) is 3. The van der Waals surface area contributed by atoms with Gasteiger partial charge in [-0.1, -0.05) is 38.1 Å². The zero-order valence-electron chi connectivity index (χ0n) is 20.3. The molecule has 3 N–H and O–H groups in total. The van der Waals surface area contributed by atoms with E-state index in [1.54, 1.807) is 12.1 Å². The summed E-state index contributed by atoms with van der Waals surface area (Å²) in [6.07, 6.45) is 3.68. The highest BCUT2D eigenvalue weighted by atomic mass is 16.2. The lowest BCUT2D eigenvalue weighted by atomic mass is 9.83. The van der Waals surface area contributed by atoms with Crippen molar-refractivity contribution in [2.75, 3.05) is 19.6 Å². The summed E-state index contributed by atoms with van der Waals surface area (Å²) in [5.41, 5.74) is 3.27. The van der Waals surface area contributed by atoms with Gasteiger partial charge in [-0.25, -0.2) is 4.79 Å². The predicted molar refractivity (Wildman–Crippen MR) is 135 cm³/mol. The lowest BCUT2D eigenvalue weighted by molar-refractivity contribution is -0.123. The van der Waals surface area contributed by atoms with Crippen LogP contribution in [0.25, 0.3) is 10.9 Å². The first kappa shape index (κ1) is 23.2. The standard InChI is InChI=1S/C27H33N5O3/c1-17(2)25(26(34)28-11-10-19-13-29-22-7-4-3-6-21(19)22)30-27(35)31-14-18-12-20(16-31)23-8-5-9-24(33)32(23)15-18/h3-9,13,17-18,20,25,29H,10-12,14-16H2,1-2H3,(H,28,34)(H,30,35)/t18-,20-,25?/m0/s1. The van der Waals surface area contributed by atoms with E-state index in [9.17, 15) is 14.4 Å². The number of amides is 3. The first-order valence-corrected chi connectivity index (χ1v) is 12.5. The van der Waals surface area contributed by atoms with Crippen LogP contribution in [0.3, 0.4) is 0 Å². The average Bonchev–Trinajstić information content (AvgIpc) is 3.26. The number of fused-ring (bicyclic) bond motifs is 5. The number of H-pyrrole nitrogens is 1. The highest BCUT2D eigenvalue weighted by Crippen LogP contribution is 2.34. The van der Waals surface area contributed by atoms with Crippen molar-refractivity contribution >= 4 is 22.8 Å². The number of aromatic amines is 1. The fraction of sp³-hybridized carbons (Fsp3) is 0.444. The summed E-state index contributed by atoms with van der Waals surface area (Å²) in [6, 6.07) is 12.7. The van der Waals surface area contributed by atoms with Crippen LogP contribution in [-0.4, -0.2) is 52.1 Å². The Morgan fingerprint density at radius 3 is 2.74 bits per heavy atom. The number of piperidine rings is 1. The van der Waals surface area contributed by atoms with Gasteiger partial charge < -0.3 is 25.1 Å². The molecule has 0 saturated carbocycles. The summed E-state index contributed by atoms with van der Waals surface area (Å²) in [6.45, 7) is 6.17. The van der Waals surface area contributed by atoms with E-state index >= 15 is 0 Å². The van der Waals surface area contributed by atoms with Gasteiger partial charge >= 0.3 is 6.03 Å². The summed E-state index contributed by atoms with van der Waals surface area (Å²) < 4.78 is 1.85. The van der Waals surface area contributed by atoms with Gasteiger partial charge in [0.2, 0.25) is 5.91 Å². The zero-order valence-corrected chi connectivity index (χ0v) is 20.3. The van der Waals surface area contributed by atoms with E-state index in [1.807, 2.05) is 53.8 Å². The van der Waals surface area contributed by atoms with Crippen LogP contribution in [0.15, 0.2) is 53.5 Å². The Bertz CT molecular complexity index is 1290. The van der Waals surface area contributed by atoms with Gasteiger partial charge in [0.05, 0.1) is 0 Å². The van der Waals surface area contributed by atoms with Gasteiger partial charge in [-0.2, -0.15) is 0 Å². The predicted octanol–water partition coefficient (Wildman–Crippen LogP) is 2.84. The molecule has 1 fully saturated rings. The van der Waals surface area contributed by atoms with E-state index in [-0.39, 0.29) is 35.3 Å². The van der Waals surface area contributed by atoms with Gasteiger partial charge in [0.25, 0.3) is 5.56 Å². The van der Waals surface area contributed by atoms with E-state index in [0.717, 1.165) is 28.6 Å². The number of rotatable bonds is 6. The molecule has 1 saturated heterocycles. The van der Waals surface area contributed by atoms with Crippen molar-refractivity contribution in [2.45, 2.75) is 45.2 Å². The Balaban J connectivity index is 1.19. The molecule has 2 aromatic heterocycles. The number of nitrogens with zero attached hydrogens (tertiary/aromatic N) is 2. The van der Waals surface area contributed by atoms with Crippen LogP contribution >= 0.6 is 0 Å². The number of para-hydroxylation sites is 1. The molecule has 184 valence electrons. The molecule has 1 unspecified atom stereocenters. The summed E-state index contributed by atoms with van der Waals surface area (Å²) in [7, 11) is 0. The van der Waals surface area contributed by atoms with E-state index in [4.69, 9.17) is 0 Å². The number of aromatic nitrogens is 2. The second-order valence-electron chi connectivity index (χ2n) is 10.2. The summed E-state index contributed by atoms with van der Waals surface area (Å²) in [5, 5.41) is 7.16. The molecule has 5 rings (SSSR count). The Hall–Kier alpha value is -3.55. The fourth-order valence-electron chi connectivity index (χ4n) is 5.59. The zero-order chi connectivity index (χ0) is 24.5. The molecule has 0 radical (unpaired) electrons. The highest BCUT2D eigenvalue weighted by molar-refractivity contribution is 5.87. The summed E-state index contributed by atoms with van der Waals surface area (Å²) >= 11 is 0. The van der Waals surface area contributed by atoms with Gasteiger partial charge in [0, 0.05) is 61.0 Å². The Morgan fingerprint density at radius 2 is 1.91 bits per heavy atom. The number of carbonyl (C=O) groups excluding carboxylic acids is 2.